The van der Waals surface area contributed by atoms with Crippen LogP contribution in [0.2, 0.25) is 0 Å². The van der Waals surface area contributed by atoms with Gasteiger partial charge < -0.3 is 62.9 Å². The summed E-state index contributed by atoms with van der Waals surface area (Å²) in [6.45, 7) is -1.56. The van der Waals surface area contributed by atoms with E-state index in [0.717, 1.165) is 34.1 Å². The highest BCUT2D eigenvalue weighted by Crippen LogP contribution is 2.30. The van der Waals surface area contributed by atoms with Crippen LogP contribution in [0.3, 0.4) is 0 Å². The number of carbonyl (C=O) groups is 5. The predicted molar refractivity (Wildman–Crippen MR) is 303 cm³/mol. The van der Waals surface area contributed by atoms with E-state index in [9.17, 15) is 29.1 Å². The van der Waals surface area contributed by atoms with Crippen LogP contribution >= 0.6 is 0 Å². The summed E-state index contributed by atoms with van der Waals surface area (Å²) < 4.78 is 37.5. The quantitative estimate of drug-likeness (QED) is 0.0351. The Labute approximate surface area is 456 Å². The van der Waals surface area contributed by atoms with Gasteiger partial charge in [-0.05, 0) is 133 Å². The van der Waals surface area contributed by atoms with Crippen LogP contribution in [-0.4, -0.2) is 157 Å². The van der Waals surface area contributed by atoms with Gasteiger partial charge in [-0.25, -0.2) is 24.0 Å². The highest BCUT2D eigenvalue weighted by Gasteiger charge is 2.46. The molecule has 18 nitrogen and oxygen atoms in total. The van der Waals surface area contributed by atoms with Gasteiger partial charge in [0.1, 0.15) is 19.3 Å². The fourth-order valence-corrected chi connectivity index (χ4v) is 7.85. The maximum Gasteiger partial charge on any atom is 0.338 e. The van der Waals surface area contributed by atoms with E-state index in [2.05, 4.69) is 0 Å². The Bertz CT molecular complexity index is 2930. The first kappa shape index (κ1) is 58.6. The first-order valence-corrected chi connectivity index (χ1v) is 25.0. The molecule has 0 bridgehead atoms. The number of hydrogen-bond donors (Lipinski definition) is 1. The zero-order chi connectivity index (χ0) is 56.8. The Morgan fingerprint density at radius 2 is 0.564 bits per heavy atom. The average molecular weight is 1070 g/mol. The second-order valence-corrected chi connectivity index (χ2v) is 19.6. The molecule has 0 radical (unpaired) electrons. The van der Waals surface area contributed by atoms with E-state index in [1.807, 2.05) is 114 Å². The Kier molecular flexibility index (Phi) is 20.2. The number of aliphatic hydroxyl groups is 1. The van der Waals surface area contributed by atoms with Gasteiger partial charge in [-0.3, -0.25) is 0 Å². The zero-order valence-corrected chi connectivity index (χ0v) is 46.3. The van der Waals surface area contributed by atoms with Crippen LogP contribution < -0.4 is 29.4 Å². The lowest BCUT2D eigenvalue weighted by molar-refractivity contribution is -0.219. The van der Waals surface area contributed by atoms with Crippen molar-refractivity contribution in [2.45, 2.75) is 30.7 Å². The van der Waals surface area contributed by atoms with Crippen LogP contribution in [0.1, 0.15) is 63.6 Å². The molecule has 0 aromatic heterocycles. The third-order valence-electron chi connectivity index (χ3n) is 12.7. The van der Waals surface area contributed by atoms with Gasteiger partial charge in [-0.15, -0.1) is 0 Å². The molecule has 0 aliphatic heterocycles. The minimum absolute atomic E-state index is 0.0358. The second kappa shape index (κ2) is 26.9. The van der Waals surface area contributed by atoms with Gasteiger partial charge in [0.25, 0.3) is 0 Å². The summed E-state index contributed by atoms with van der Waals surface area (Å²) >= 11 is 0. The molecule has 1 N–H and O–H groups in total. The Morgan fingerprint density at radius 3 is 0.833 bits per heavy atom. The lowest BCUT2D eigenvalue weighted by Gasteiger charge is -2.37. The number of esters is 5. The van der Waals surface area contributed by atoms with Crippen molar-refractivity contribution in [1.82, 2.24) is 0 Å². The van der Waals surface area contributed by atoms with E-state index >= 15 is 0 Å². The number of benzene rings is 6. The largest absolute Gasteiger partial charge is 0.458 e. The van der Waals surface area contributed by atoms with Gasteiger partial charge in [-0.1, -0.05) is 12.1 Å². The number of rotatable bonds is 24. The summed E-state index contributed by atoms with van der Waals surface area (Å²) in [4.78, 5) is 83.0. The predicted octanol–water partition coefficient (Wildman–Crippen LogP) is 7.85. The van der Waals surface area contributed by atoms with Crippen LogP contribution in [0.25, 0.3) is 0 Å². The summed E-state index contributed by atoms with van der Waals surface area (Å²) in [5, 5.41) is 12.2. The molecule has 0 aliphatic rings. The molecular formula is C60H70N6O12. The van der Waals surface area contributed by atoms with E-state index in [1.165, 1.54) is 36.4 Å². The molecule has 0 amide bonds. The molecule has 0 saturated carbocycles. The Balaban J connectivity index is 1.55. The lowest BCUT2D eigenvalue weighted by Crippen LogP contribution is -2.54. The molecule has 6 rings (SSSR count). The summed E-state index contributed by atoms with van der Waals surface area (Å²) in [5.74, 6) is -4.51. The number of anilines is 6. The van der Waals surface area contributed by atoms with Crippen molar-refractivity contribution in [3.05, 3.63) is 179 Å². The number of aliphatic hydroxyl groups excluding tert-OH is 1. The number of carbonyl (C=O) groups excluding carboxylic acids is 5. The maximum atomic E-state index is 14.8. The highest BCUT2D eigenvalue weighted by atomic mass is 16.7. The molecule has 6 aromatic carbocycles. The summed E-state index contributed by atoms with van der Waals surface area (Å²) in [5.41, 5.74) is 5.37. The molecule has 78 heavy (non-hydrogen) atoms. The molecule has 0 fully saturated rings. The molecule has 0 heterocycles. The van der Waals surface area contributed by atoms with E-state index in [4.69, 9.17) is 28.4 Å². The van der Waals surface area contributed by atoms with Crippen molar-refractivity contribution in [1.29, 1.82) is 0 Å². The van der Waals surface area contributed by atoms with Crippen LogP contribution in [0.5, 0.6) is 0 Å². The minimum Gasteiger partial charge on any atom is -0.458 e. The molecule has 0 saturated heterocycles. The summed E-state index contributed by atoms with van der Waals surface area (Å²) in [7, 11) is 22.1. The average Bonchev–Trinajstić information content (AvgIpc) is 3.44. The fourth-order valence-electron chi connectivity index (χ4n) is 7.85. The smallest absolute Gasteiger partial charge is 0.338 e. The van der Waals surface area contributed by atoms with Gasteiger partial charge in [0.2, 0.25) is 0 Å². The van der Waals surface area contributed by atoms with Gasteiger partial charge in [0, 0.05) is 124 Å². The van der Waals surface area contributed by atoms with Crippen molar-refractivity contribution >= 4 is 64.0 Å². The molecule has 412 valence electrons. The topological polar surface area (TPSA) is 180 Å². The molecular weight excluding hydrogens is 997 g/mol. The monoisotopic (exact) mass is 1070 g/mol. The number of hydrogen-bond acceptors (Lipinski definition) is 18. The molecule has 5 unspecified atom stereocenters. The summed E-state index contributed by atoms with van der Waals surface area (Å²) in [6, 6.07) is 39.2. The van der Waals surface area contributed by atoms with Crippen molar-refractivity contribution in [3.8, 4) is 0 Å². The molecule has 6 aromatic rings. The van der Waals surface area contributed by atoms with Gasteiger partial charge in [0.05, 0.1) is 27.8 Å². The third kappa shape index (κ3) is 15.7. The SMILES string of the molecule is CN(C)c1ccc(C(=O)OCC(OC(=O)c2ccc(N(C)C)cc2)C(OC(=O)c2ccc(N(C)C)cc2)C(OC(O)c2ccc(N(C)C)cc2)C(COC(=O)c2ccc(N(C)C)cc2)OC(=O)c2ccc(N(C)C)cc2)cc1. The third-order valence-corrected chi connectivity index (χ3v) is 12.7. The van der Waals surface area contributed by atoms with Crippen LogP contribution in [0.15, 0.2) is 146 Å². The highest BCUT2D eigenvalue weighted by molar-refractivity contribution is 5.93. The maximum absolute atomic E-state index is 14.8. The van der Waals surface area contributed by atoms with Gasteiger partial charge in [0.15, 0.2) is 24.6 Å². The second-order valence-electron chi connectivity index (χ2n) is 19.6. The number of ether oxygens (including phenoxy) is 6. The zero-order valence-electron chi connectivity index (χ0n) is 46.3. The minimum atomic E-state index is -1.94. The fraction of sp³-hybridized carbons (Fsp3) is 0.317. The summed E-state index contributed by atoms with van der Waals surface area (Å²) in [6.07, 6.45) is -9.31. The van der Waals surface area contributed by atoms with Gasteiger partial charge in [-0.2, -0.15) is 0 Å². The standard InChI is InChI=1S/C60H70N6O12/c1-61(2)45-25-13-39(14-26-45)55(67)73-37-51(75-57(69)41-17-29-47(30-18-41)63(5)6)53(77-59(71)43-21-33-49(34-22-43)65(9)10)54(78-60(72)44-23-35-50(36-24-44)66(11)12)52(76-58(70)42-19-31-48(32-20-42)64(7)8)38-74-56(68)40-15-27-46(28-16-40)62(3)4/h13-36,51-54,59,71H,37-38H2,1-12H3. The van der Waals surface area contributed by atoms with E-state index in [-0.39, 0.29) is 33.4 Å². The molecule has 18 heteroatoms. The first-order chi connectivity index (χ1) is 37.1. The molecule has 5 atom stereocenters. The number of nitrogens with zero attached hydrogens (tertiary/aromatic N) is 6. The molecule has 0 spiro atoms. The first-order valence-electron chi connectivity index (χ1n) is 25.0. The van der Waals surface area contributed by atoms with E-state index in [0.29, 0.717) is 0 Å². The molecule has 0 aliphatic carbocycles. The van der Waals surface area contributed by atoms with Crippen molar-refractivity contribution in [2.75, 3.05) is 127 Å². The lowest BCUT2D eigenvalue weighted by atomic mass is 10.0. The van der Waals surface area contributed by atoms with Crippen LogP contribution in [-0.2, 0) is 28.4 Å². The van der Waals surface area contributed by atoms with E-state index in [1.54, 1.807) is 109 Å². The van der Waals surface area contributed by atoms with Crippen molar-refractivity contribution in [3.63, 3.8) is 0 Å². The van der Waals surface area contributed by atoms with Crippen molar-refractivity contribution < 1.29 is 57.5 Å². The Morgan fingerprint density at radius 1 is 0.333 bits per heavy atom. The van der Waals surface area contributed by atoms with Gasteiger partial charge >= 0.3 is 29.8 Å². The van der Waals surface area contributed by atoms with E-state index < -0.39 is 73.8 Å². The van der Waals surface area contributed by atoms with Crippen molar-refractivity contribution in [2.24, 2.45) is 0 Å². The van der Waals surface area contributed by atoms with Crippen LogP contribution in [0, 0.1) is 0 Å². The normalized spacial score (nSPS) is 12.8. The Hall–Kier alpha value is -8.61. The van der Waals surface area contributed by atoms with Crippen LogP contribution in [0.4, 0.5) is 34.1 Å².